The van der Waals surface area contributed by atoms with Crippen LogP contribution in [-0.2, 0) is 0 Å². The molecule has 3 nitrogen and oxygen atoms in total. The van der Waals surface area contributed by atoms with Gasteiger partial charge in [-0.25, -0.2) is 5.43 Å². The fraction of sp³-hybridized carbons (Fsp3) is 0.800. The van der Waals surface area contributed by atoms with Crippen molar-refractivity contribution in [3.8, 4) is 12.3 Å². The first-order valence-corrected chi connectivity index (χ1v) is 4.77. The highest BCUT2D eigenvalue weighted by molar-refractivity contribution is 5.14. The zero-order valence-electron chi connectivity index (χ0n) is 8.51. The van der Waals surface area contributed by atoms with Crippen molar-refractivity contribution in [1.29, 1.82) is 0 Å². The van der Waals surface area contributed by atoms with E-state index >= 15 is 0 Å². The van der Waals surface area contributed by atoms with Crippen LogP contribution in [0.25, 0.3) is 0 Å². The number of hydrogen-bond donors (Lipinski definition) is 2. The van der Waals surface area contributed by atoms with E-state index in [1.807, 2.05) is 0 Å². The summed E-state index contributed by atoms with van der Waals surface area (Å²) < 4.78 is 0. The van der Waals surface area contributed by atoms with Gasteiger partial charge in [-0.15, -0.1) is 6.42 Å². The van der Waals surface area contributed by atoms with Crippen molar-refractivity contribution in [2.75, 3.05) is 14.1 Å². The van der Waals surface area contributed by atoms with Crippen LogP contribution in [0.2, 0.25) is 0 Å². The zero-order chi connectivity index (χ0) is 9.90. The van der Waals surface area contributed by atoms with Crippen molar-refractivity contribution in [3.63, 3.8) is 0 Å². The van der Waals surface area contributed by atoms with Gasteiger partial charge in [0.2, 0.25) is 0 Å². The van der Waals surface area contributed by atoms with Crippen molar-refractivity contribution >= 4 is 0 Å². The molecule has 0 bridgehead atoms. The number of hydrazine groups is 1. The highest BCUT2D eigenvalue weighted by atomic mass is 15.3. The summed E-state index contributed by atoms with van der Waals surface area (Å²) in [6.45, 7) is 0. The summed E-state index contributed by atoms with van der Waals surface area (Å²) in [6.07, 6.45) is 10.2. The molecule has 0 heterocycles. The summed E-state index contributed by atoms with van der Waals surface area (Å²) in [4.78, 5) is 2.21. The summed E-state index contributed by atoms with van der Waals surface area (Å²) in [5, 5.41) is 0. The van der Waals surface area contributed by atoms with E-state index in [1.54, 1.807) is 0 Å². The Hall–Kier alpha value is -0.560. The predicted molar refractivity (Wildman–Crippen MR) is 54.8 cm³/mol. The Labute approximate surface area is 80.6 Å². The molecule has 0 aromatic heterocycles. The quantitative estimate of drug-likeness (QED) is 0.374. The molecule has 1 saturated carbocycles. The molecule has 1 unspecified atom stereocenters. The topological polar surface area (TPSA) is 41.3 Å². The molecule has 0 aromatic carbocycles. The smallest absolute Gasteiger partial charge is 0.0997 e. The van der Waals surface area contributed by atoms with Crippen LogP contribution in [0, 0.1) is 12.3 Å². The number of rotatable bonds is 3. The lowest BCUT2D eigenvalue weighted by Crippen LogP contribution is -2.58. The first-order chi connectivity index (χ1) is 6.17. The van der Waals surface area contributed by atoms with Crippen LogP contribution in [0.15, 0.2) is 0 Å². The SMILES string of the molecule is C#CC(NN)C1(N(C)C)CCCC1. The fourth-order valence-electron chi connectivity index (χ4n) is 2.34. The summed E-state index contributed by atoms with van der Waals surface area (Å²) in [7, 11) is 4.15. The average molecular weight is 181 g/mol. The Balaban J connectivity index is 2.84. The van der Waals surface area contributed by atoms with Crippen molar-refractivity contribution < 1.29 is 0 Å². The summed E-state index contributed by atoms with van der Waals surface area (Å²) >= 11 is 0. The molecule has 0 aromatic rings. The number of hydrogen-bond acceptors (Lipinski definition) is 3. The van der Waals surface area contributed by atoms with Crippen LogP contribution in [-0.4, -0.2) is 30.6 Å². The van der Waals surface area contributed by atoms with Crippen molar-refractivity contribution in [1.82, 2.24) is 10.3 Å². The van der Waals surface area contributed by atoms with Gasteiger partial charge in [-0.2, -0.15) is 0 Å². The molecule has 0 spiro atoms. The van der Waals surface area contributed by atoms with Crippen molar-refractivity contribution in [2.24, 2.45) is 5.84 Å². The van der Waals surface area contributed by atoms with Gasteiger partial charge >= 0.3 is 0 Å². The van der Waals surface area contributed by atoms with Gasteiger partial charge in [0.25, 0.3) is 0 Å². The number of nitrogens with one attached hydrogen (secondary N) is 1. The van der Waals surface area contributed by atoms with Crippen LogP contribution in [0.5, 0.6) is 0 Å². The predicted octanol–water partition coefficient (Wildman–Crippen LogP) is 0.326. The zero-order valence-corrected chi connectivity index (χ0v) is 8.51. The molecule has 3 N–H and O–H groups in total. The molecule has 0 aliphatic heterocycles. The Kier molecular flexibility index (Phi) is 3.32. The number of nitrogens with two attached hydrogens (primary N) is 1. The lowest BCUT2D eigenvalue weighted by molar-refractivity contribution is 0.129. The number of likely N-dealkylation sites (N-methyl/N-ethyl adjacent to an activating group) is 1. The second kappa shape index (κ2) is 4.10. The maximum Gasteiger partial charge on any atom is 0.0997 e. The minimum Gasteiger partial charge on any atom is -0.301 e. The van der Waals surface area contributed by atoms with E-state index in [-0.39, 0.29) is 11.6 Å². The van der Waals surface area contributed by atoms with Crippen LogP contribution < -0.4 is 11.3 Å². The lowest BCUT2D eigenvalue weighted by Gasteiger charge is -2.40. The summed E-state index contributed by atoms with van der Waals surface area (Å²) in [6, 6.07) is -0.0370. The van der Waals surface area contributed by atoms with Gasteiger partial charge in [-0.05, 0) is 26.9 Å². The lowest BCUT2D eigenvalue weighted by atomic mass is 9.87. The van der Waals surface area contributed by atoms with Gasteiger partial charge in [-0.3, -0.25) is 5.84 Å². The minimum atomic E-state index is -0.0370. The average Bonchev–Trinajstić information content (AvgIpc) is 2.56. The third-order valence-electron chi connectivity index (χ3n) is 3.23. The second-order valence-electron chi connectivity index (χ2n) is 3.97. The maximum atomic E-state index is 5.47. The molecule has 1 rings (SSSR count). The molecule has 1 aliphatic carbocycles. The fourth-order valence-corrected chi connectivity index (χ4v) is 2.34. The first-order valence-electron chi connectivity index (χ1n) is 4.77. The third-order valence-corrected chi connectivity index (χ3v) is 3.23. The molecule has 13 heavy (non-hydrogen) atoms. The number of terminal acetylenes is 1. The molecule has 1 aliphatic rings. The van der Waals surface area contributed by atoms with Gasteiger partial charge < -0.3 is 4.90 Å². The normalized spacial score (nSPS) is 23.0. The van der Waals surface area contributed by atoms with E-state index < -0.39 is 0 Å². The third kappa shape index (κ3) is 1.71. The second-order valence-corrected chi connectivity index (χ2v) is 3.97. The van der Waals surface area contributed by atoms with Gasteiger partial charge in [0, 0.05) is 5.54 Å². The van der Waals surface area contributed by atoms with E-state index in [0.29, 0.717) is 0 Å². The Morgan fingerprint density at radius 2 is 2.00 bits per heavy atom. The van der Waals surface area contributed by atoms with Gasteiger partial charge in [0.1, 0.15) is 0 Å². The molecule has 1 atom stereocenters. The van der Waals surface area contributed by atoms with Crippen LogP contribution in [0.1, 0.15) is 25.7 Å². The Morgan fingerprint density at radius 1 is 1.46 bits per heavy atom. The summed E-state index contributed by atoms with van der Waals surface area (Å²) in [5.74, 6) is 8.20. The van der Waals surface area contributed by atoms with E-state index in [9.17, 15) is 0 Å². The first kappa shape index (κ1) is 10.5. The van der Waals surface area contributed by atoms with E-state index in [4.69, 9.17) is 12.3 Å². The maximum absolute atomic E-state index is 5.47. The van der Waals surface area contributed by atoms with Crippen LogP contribution >= 0.6 is 0 Å². The highest BCUT2D eigenvalue weighted by Crippen LogP contribution is 2.36. The molecule has 74 valence electrons. The minimum absolute atomic E-state index is 0.0370. The summed E-state index contributed by atoms with van der Waals surface area (Å²) in [5.41, 5.74) is 2.81. The standard InChI is InChI=1S/C10H19N3/c1-4-9(12-11)10(13(2)3)7-5-6-8-10/h1,9,12H,5-8,11H2,2-3H3. The molecule has 1 fully saturated rings. The molecule has 3 heteroatoms. The number of nitrogens with zero attached hydrogens (tertiary/aromatic N) is 1. The monoisotopic (exact) mass is 181 g/mol. The Bertz CT molecular complexity index is 199. The molecular weight excluding hydrogens is 162 g/mol. The molecule has 0 saturated heterocycles. The van der Waals surface area contributed by atoms with Gasteiger partial charge in [0.15, 0.2) is 0 Å². The van der Waals surface area contributed by atoms with Crippen molar-refractivity contribution in [3.05, 3.63) is 0 Å². The molecular formula is C10H19N3. The molecule has 0 amide bonds. The van der Waals surface area contributed by atoms with Gasteiger partial charge in [-0.1, -0.05) is 18.8 Å². The molecule has 0 radical (unpaired) electrons. The largest absolute Gasteiger partial charge is 0.301 e. The van der Waals surface area contributed by atoms with E-state index in [1.165, 1.54) is 12.8 Å². The van der Waals surface area contributed by atoms with E-state index in [0.717, 1.165) is 12.8 Å². The van der Waals surface area contributed by atoms with Crippen LogP contribution in [0.3, 0.4) is 0 Å². The Morgan fingerprint density at radius 3 is 2.31 bits per heavy atom. The van der Waals surface area contributed by atoms with Gasteiger partial charge in [0.05, 0.1) is 6.04 Å². The van der Waals surface area contributed by atoms with Crippen LogP contribution in [0.4, 0.5) is 0 Å². The van der Waals surface area contributed by atoms with Crippen molar-refractivity contribution in [2.45, 2.75) is 37.3 Å². The highest BCUT2D eigenvalue weighted by Gasteiger charge is 2.41. The van der Waals surface area contributed by atoms with E-state index in [2.05, 4.69) is 30.3 Å².